The minimum absolute atomic E-state index is 0. The Morgan fingerprint density at radius 2 is 2.32 bits per heavy atom. The van der Waals surface area contributed by atoms with Crippen molar-refractivity contribution < 1.29 is 4.42 Å². The number of hydrogen-bond donors (Lipinski definition) is 1. The number of rotatable bonds is 5. The van der Waals surface area contributed by atoms with Gasteiger partial charge in [0.15, 0.2) is 0 Å². The molecule has 0 spiro atoms. The maximum atomic E-state index is 5.84. The summed E-state index contributed by atoms with van der Waals surface area (Å²) >= 11 is 1.67. The maximum absolute atomic E-state index is 5.84. The standard InChI is InChI=1S/C16H23N3OS.ClH/c1-12-14(18-16(20-12)15-6-4-10-21-15)11-19-9-3-2-5-13(19)7-8-17;/h4,6,10,13H,2-3,5,7-9,11,17H2,1H3;1H. The Kier molecular flexibility index (Phi) is 6.44. The molecule has 0 bridgehead atoms. The lowest BCUT2D eigenvalue weighted by molar-refractivity contribution is 0.132. The van der Waals surface area contributed by atoms with Gasteiger partial charge in [-0.1, -0.05) is 12.5 Å². The van der Waals surface area contributed by atoms with Crippen molar-refractivity contribution >= 4 is 23.7 Å². The largest absolute Gasteiger partial charge is 0.440 e. The smallest absolute Gasteiger partial charge is 0.236 e. The normalized spacial score (nSPS) is 19.1. The van der Waals surface area contributed by atoms with Gasteiger partial charge in [0.2, 0.25) is 5.89 Å². The van der Waals surface area contributed by atoms with Gasteiger partial charge in [0, 0.05) is 12.6 Å². The van der Waals surface area contributed by atoms with Crippen LogP contribution in [0.2, 0.25) is 0 Å². The highest BCUT2D eigenvalue weighted by Gasteiger charge is 2.24. The van der Waals surface area contributed by atoms with Gasteiger partial charge in [0.1, 0.15) is 5.76 Å². The second-order valence-corrected chi connectivity index (χ2v) is 6.64. The number of nitrogens with zero attached hydrogens (tertiary/aromatic N) is 2. The lowest BCUT2D eigenvalue weighted by atomic mass is 9.99. The number of thiophene rings is 1. The van der Waals surface area contributed by atoms with Crippen LogP contribution < -0.4 is 5.73 Å². The fourth-order valence-corrected chi connectivity index (χ4v) is 3.71. The molecule has 0 saturated carbocycles. The van der Waals surface area contributed by atoms with Crippen molar-refractivity contribution in [2.75, 3.05) is 13.1 Å². The highest BCUT2D eigenvalue weighted by Crippen LogP contribution is 2.28. The number of aryl methyl sites for hydroxylation is 1. The lowest BCUT2D eigenvalue weighted by Crippen LogP contribution is -2.40. The van der Waals surface area contributed by atoms with Crippen LogP contribution in [0.5, 0.6) is 0 Å². The van der Waals surface area contributed by atoms with Crippen LogP contribution in [0, 0.1) is 6.92 Å². The molecule has 1 fully saturated rings. The summed E-state index contributed by atoms with van der Waals surface area (Å²) < 4.78 is 5.84. The third-order valence-corrected chi connectivity index (χ3v) is 5.08. The molecule has 22 heavy (non-hydrogen) atoms. The van der Waals surface area contributed by atoms with Crippen LogP contribution in [0.25, 0.3) is 10.8 Å². The van der Waals surface area contributed by atoms with Crippen molar-refractivity contribution in [1.82, 2.24) is 9.88 Å². The van der Waals surface area contributed by atoms with Crippen molar-refractivity contribution in [2.45, 2.75) is 45.2 Å². The first-order valence-electron chi connectivity index (χ1n) is 7.72. The monoisotopic (exact) mass is 341 g/mol. The first-order valence-corrected chi connectivity index (χ1v) is 8.60. The van der Waals surface area contributed by atoms with E-state index < -0.39 is 0 Å². The molecule has 6 heteroatoms. The Labute approximate surface area is 142 Å². The zero-order valence-corrected chi connectivity index (χ0v) is 14.6. The van der Waals surface area contributed by atoms with Gasteiger partial charge in [-0.25, -0.2) is 4.98 Å². The van der Waals surface area contributed by atoms with Gasteiger partial charge in [-0.2, -0.15) is 0 Å². The molecule has 1 saturated heterocycles. The van der Waals surface area contributed by atoms with Crippen LogP contribution in [-0.2, 0) is 6.54 Å². The zero-order valence-electron chi connectivity index (χ0n) is 13.0. The predicted molar refractivity (Wildman–Crippen MR) is 93.5 cm³/mol. The number of piperidine rings is 1. The van der Waals surface area contributed by atoms with Gasteiger partial charge in [0.05, 0.1) is 10.6 Å². The van der Waals surface area contributed by atoms with E-state index in [1.54, 1.807) is 11.3 Å². The third kappa shape index (κ3) is 3.90. The van der Waals surface area contributed by atoms with Gasteiger partial charge in [-0.3, -0.25) is 4.90 Å². The van der Waals surface area contributed by atoms with Gasteiger partial charge >= 0.3 is 0 Å². The molecule has 1 atom stereocenters. The Morgan fingerprint density at radius 3 is 3.05 bits per heavy atom. The topological polar surface area (TPSA) is 55.3 Å². The quantitative estimate of drug-likeness (QED) is 0.897. The second kappa shape index (κ2) is 8.11. The molecule has 3 rings (SSSR count). The Morgan fingerprint density at radius 1 is 1.45 bits per heavy atom. The van der Waals surface area contributed by atoms with E-state index in [4.69, 9.17) is 15.1 Å². The molecule has 1 unspecified atom stereocenters. The van der Waals surface area contributed by atoms with Gasteiger partial charge in [0.25, 0.3) is 0 Å². The van der Waals surface area contributed by atoms with Crippen molar-refractivity contribution in [3.05, 3.63) is 29.0 Å². The van der Waals surface area contributed by atoms with E-state index >= 15 is 0 Å². The van der Waals surface area contributed by atoms with Crippen LogP contribution in [0.15, 0.2) is 21.9 Å². The van der Waals surface area contributed by atoms with E-state index in [2.05, 4.69) is 16.3 Å². The van der Waals surface area contributed by atoms with E-state index in [9.17, 15) is 0 Å². The van der Waals surface area contributed by atoms with E-state index in [-0.39, 0.29) is 12.4 Å². The molecule has 0 radical (unpaired) electrons. The third-order valence-electron chi connectivity index (χ3n) is 4.23. The average molecular weight is 342 g/mol. The summed E-state index contributed by atoms with van der Waals surface area (Å²) in [5, 5.41) is 2.05. The minimum Gasteiger partial charge on any atom is -0.440 e. The van der Waals surface area contributed by atoms with E-state index in [0.29, 0.717) is 6.04 Å². The van der Waals surface area contributed by atoms with Crippen LogP contribution >= 0.6 is 23.7 Å². The van der Waals surface area contributed by atoms with Crippen molar-refractivity contribution in [3.8, 4) is 10.8 Å². The number of halogens is 1. The fourth-order valence-electron chi connectivity index (χ4n) is 3.06. The first kappa shape index (κ1) is 17.5. The van der Waals surface area contributed by atoms with E-state index in [1.165, 1.54) is 19.3 Å². The number of likely N-dealkylation sites (tertiary alicyclic amines) is 1. The number of aromatic nitrogens is 1. The molecule has 2 aromatic heterocycles. The molecule has 0 amide bonds. The molecule has 3 heterocycles. The van der Waals surface area contributed by atoms with E-state index in [0.717, 1.165) is 48.3 Å². The van der Waals surface area contributed by atoms with Crippen molar-refractivity contribution in [2.24, 2.45) is 5.73 Å². The number of oxazole rings is 1. The maximum Gasteiger partial charge on any atom is 0.236 e. The van der Waals surface area contributed by atoms with Crippen LogP contribution in [0.4, 0.5) is 0 Å². The molecule has 2 aromatic rings. The van der Waals surface area contributed by atoms with Gasteiger partial charge in [-0.05, 0) is 50.7 Å². The summed E-state index contributed by atoms with van der Waals surface area (Å²) in [7, 11) is 0. The summed E-state index contributed by atoms with van der Waals surface area (Å²) in [6, 6.07) is 4.68. The molecule has 0 aliphatic carbocycles. The predicted octanol–water partition coefficient (Wildman–Crippen LogP) is 3.84. The fraction of sp³-hybridized carbons (Fsp3) is 0.562. The Balaban J connectivity index is 0.00000176. The highest BCUT2D eigenvalue weighted by molar-refractivity contribution is 7.13. The molecular formula is C16H24ClN3OS. The Bertz CT molecular complexity index is 568. The number of nitrogens with two attached hydrogens (primary N) is 1. The SMILES string of the molecule is Cc1oc(-c2cccs2)nc1CN1CCCCC1CCN.Cl. The van der Waals surface area contributed by atoms with Crippen LogP contribution in [-0.4, -0.2) is 29.0 Å². The molecule has 122 valence electrons. The van der Waals surface area contributed by atoms with Crippen molar-refractivity contribution in [3.63, 3.8) is 0 Å². The summed E-state index contributed by atoms with van der Waals surface area (Å²) in [6.07, 6.45) is 4.93. The minimum atomic E-state index is 0. The first-order chi connectivity index (χ1) is 10.3. The summed E-state index contributed by atoms with van der Waals surface area (Å²) in [6.45, 7) is 4.80. The second-order valence-electron chi connectivity index (χ2n) is 5.70. The summed E-state index contributed by atoms with van der Waals surface area (Å²) in [5.41, 5.74) is 6.83. The molecule has 1 aliphatic rings. The molecule has 1 aliphatic heterocycles. The zero-order chi connectivity index (χ0) is 14.7. The molecule has 4 nitrogen and oxygen atoms in total. The Hall–Kier alpha value is -0.880. The average Bonchev–Trinajstić information content (AvgIpc) is 3.12. The lowest BCUT2D eigenvalue weighted by Gasteiger charge is -2.35. The molecule has 0 aromatic carbocycles. The van der Waals surface area contributed by atoms with Crippen LogP contribution in [0.1, 0.15) is 37.1 Å². The van der Waals surface area contributed by atoms with E-state index in [1.807, 2.05) is 13.0 Å². The van der Waals surface area contributed by atoms with Gasteiger partial charge < -0.3 is 10.2 Å². The van der Waals surface area contributed by atoms with Crippen LogP contribution in [0.3, 0.4) is 0 Å². The van der Waals surface area contributed by atoms with Gasteiger partial charge in [-0.15, -0.1) is 23.7 Å². The number of hydrogen-bond acceptors (Lipinski definition) is 5. The molecule has 2 N–H and O–H groups in total. The summed E-state index contributed by atoms with van der Waals surface area (Å²) in [4.78, 5) is 8.34. The van der Waals surface area contributed by atoms with Crippen molar-refractivity contribution in [1.29, 1.82) is 0 Å². The molecular weight excluding hydrogens is 318 g/mol. The highest BCUT2D eigenvalue weighted by atomic mass is 35.5. The summed E-state index contributed by atoms with van der Waals surface area (Å²) in [5.74, 6) is 1.69.